The van der Waals surface area contributed by atoms with E-state index in [4.69, 9.17) is 0 Å². The Bertz CT molecular complexity index is 737. The minimum Gasteiger partial charge on any atom is -0.345 e. The number of amides is 2. The van der Waals surface area contributed by atoms with Gasteiger partial charge >= 0.3 is 5.51 Å². The Morgan fingerprint density at radius 2 is 2.04 bits per heavy atom. The topological polar surface area (TPSA) is 70.2 Å². The van der Waals surface area contributed by atoms with Crippen molar-refractivity contribution in [1.29, 1.82) is 0 Å². The van der Waals surface area contributed by atoms with Crippen molar-refractivity contribution in [1.82, 2.24) is 16.0 Å². The summed E-state index contributed by atoms with van der Waals surface area (Å²) in [7, 11) is 0. The number of carbonyl (C=O) groups excluding carboxylic acids is 2. The molecule has 2 amide bonds. The molecule has 1 saturated carbocycles. The lowest BCUT2D eigenvalue weighted by atomic mass is 10.0. The van der Waals surface area contributed by atoms with Gasteiger partial charge in [-0.3, -0.25) is 14.9 Å². The molecule has 2 aliphatic rings. The van der Waals surface area contributed by atoms with Crippen molar-refractivity contribution in [3.05, 3.63) is 29.6 Å². The highest BCUT2D eigenvalue weighted by molar-refractivity contribution is 8.00. The molecule has 1 aliphatic carbocycles. The highest BCUT2D eigenvalue weighted by Gasteiger charge is 2.47. The summed E-state index contributed by atoms with van der Waals surface area (Å²) in [6.45, 7) is 1.71. The molecule has 2 unspecified atom stereocenters. The molecule has 2 fully saturated rings. The Hall–Kier alpha value is -1.81. The third-order valence-electron chi connectivity index (χ3n) is 4.36. The normalized spacial score (nSPS) is 24.7. The van der Waals surface area contributed by atoms with Crippen molar-refractivity contribution in [3.8, 4) is 0 Å². The number of nitrogens with one attached hydrogen (secondary N) is 3. The molecule has 1 saturated heterocycles. The molecular formula is C16H17F4N3O2S. The number of hydrogen-bond donors (Lipinski definition) is 3. The summed E-state index contributed by atoms with van der Waals surface area (Å²) in [5.41, 5.74) is -4.95. The zero-order valence-electron chi connectivity index (χ0n) is 13.7. The maximum atomic E-state index is 14.0. The van der Waals surface area contributed by atoms with Crippen molar-refractivity contribution in [3.63, 3.8) is 0 Å². The molecule has 0 aromatic heterocycles. The van der Waals surface area contributed by atoms with E-state index in [9.17, 15) is 27.2 Å². The molecular weight excluding hydrogens is 374 g/mol. The van der Waals surface area contributed by atoms with Crippen LogP contribution in [0.5, 0.6) is 0 Å². The van der Waals surface area contributed by atoms with Gasteiger partial charge in [-0.05, 0) is 49.2 Å². The Labute approximate surface area is 151 Å². The van der Waals surface area contributed by atoms with Gasteiger partial charge in [0.1, 0.15) is 5.82 Å². The van der Waals surface area contributed by atoms with Crippen molar-refractivity contribution in [2.24, 2.45) is 0 Å². The van der Waals surface area contributed by atoms with Crippen LogP contribution in [0.4, 0.5) is 17.6 Å². The standard InChI is InChI=1S/C16H17F4N3O2S/c1-8-21-11(7-13(24)22-8)14(25)23-15(4-5-15)9-2-3-12(10(17)6-9)26-16(18,19)20/h2-3,6,8,11,21H,4-5,7H2,1H3,(H,22,24)(H,23,25). The second kappa shape index (κ2) is 6.73. The minimum absolute atomic E-state index is 0.0121. The van der Waals surface area contributed by atoms with Gasteiger partial charge in [0, 0.05) is 0 Å². The van der Waals surface area contributed by atoms with Crippen LogP contribution in [0.25, 0.3) is 0 Å². The average molecular weight is 391 g/mol. The highest BCUT2D eigenvalue weighted by atomic mass is 32.2. The maximum Gasteiger partial charge on any atom is 0.446 e. The van der Waals surface area contributed by atoms with E-state index in [1.807, 2.05) is 0 Å². The third-order valence-corrected chi connectivity index (χ3v) is 5.14. The Morgan fingerprint density at radius 3 is 2.58 bits per heavy atom. The molecule has 0 bridgehead atoms. The lowest BCUT2D eigenvalue weighted by Gasteiger charge is -2.30. The van der Waals surface area contributed by atoms with Crippen molar-refractivity contribution >= 4 is 23.6 Å². The van der Waals surface area contributed by atoms with Crippen molar-refractivity contribution in [2.75, 3.05) is 0 Å². The second-order valence-corrected chi connectivity index (χ2v) is 7.58. The van der Waals surface area contributed by atoms with E-state index >= 15 is 0 Å². The molecule has 0 radical (unpaired) electrons. The summed E-state index contributed by atoms with van der Waals surface area (Å²) in [4.78, 5) is 23.5. The smallest absolute Gasteiger partial charge is 0.345 e. The van der Waals surface area contributed by atoms with Crippen LogP contribution < -0.4 is 16.0 Å². The molecule has 1 aromatic rings. The van der Waals surface area contributed by atoms with Gasteiger partial charge in [0.15, 0.2) is 0 Å². The zero-order chi connectivity index (χ0) is 19.1. The van der Waals surface area contributed by atoms with E-state index in [0.717, 1.165) is 12.1 Å². The van der Waals surface area contributed by atoms with Gasteiger partial charge in [0.2, 0.25) is 11.8 Å². The largest absolute Gasteiger partial charge is 0.446 e. The first-order chi connectivity index (χ1) is 12.1. The van der Waals surface area contributed by atoms with Crippen molar-refractivity contribution < 1.29 is 27.2 Å². The molecule has 26 heavy (non-hydrogen) atoms. The fourth-order valence-corrected chi connectivity index (χ4v) is 3.54. The SMILES string of the molecule is CC1NC(=O)CC(C(=O)NC2(c3ccc(SC(F)(F)F)c(F)c3)CC2)N1. The van der Waals surface area contributed by atoms with Crippen LogP contribution in [-0.4, -0.2) is 29.5 Å². The molecule has 5 nitrogen and oxygen atoms in total. The van der Waals surface area contributed by atoms with E-state index in [-0.39, 0.29) is 18.5 Å². The van der Waals surface area contributed by atoms with Crippen LogP contribution in [0.2, 0.25) is 0 Å². The molecule has 3 rings (SSSR count). The fraction of sp³-hybridized carbons (Fsp3) is 0.500. The number of alkyl halides is 3. The van der Waals surface area contributed by atoms with Crippen LogP contribution in [0, 0.1) is 5.82 Å². The predicted octanol–water partition coefficient (Wildman–Crippen LogP) is 2.37. The van der Waals surface area contributed by atoms with Crippen LogP contribution in [0.1, 0.15) is 31.7 Å². The summed E-state index contributed by atoms with van der Waals surface area (Å²) >= 11 is -0.513. The summed E-state index contributed by atoms with van der Waals surface area (Å²) in [6, 6.07) is 2.80. The van der Waals surface area contributed by atoms with Gasteiger partial charge in [-0.2, -0.15) is 13.2 Å². The maximum absolute atomic E-state index is 14.0. The van der Waals surface area contributed by atoms with Gasteiger partial charge in [-0.25, -0.2) is 4.39 Å². The van der Waals surface area contributed by atoms with E-state index in [2.05, 4.69) is 16.0 Å². The van der Waals surface area contributed by atoms with E-state index in [0.29, 0.717) is 18.4 Å². The predicted molar refractivity (Wildman–Crippen MR) is 86.5 cm³/mol. The monoisotopic (exact) mass is 391 g/mol. The molecule has 2 atom stereocenters. The van der Waals surface area contributed by atoms with Gasteiger partial charge in [0.25, 0.3) is 0 Å². The molecule has 142 valence electrons. The summed E-state index contributed by atoms with van der Waals surface area (Å²) < 4.78 is 51.3. The second-order valence-electron chi connectivity index (χ2n) is 6.48. The first-order valence-electron chi connectivity index (χ1n) is 8.01. The first-order valence-corrected chi connectivity index (χ1v) is 8.83. The summed E-state index contributed by atoms with van der Waals surface area (Å²) in [6.07, 6.45) is 0.747. The number of thioether (sulfide) groups is 1. The van der Waals surface area contributed by atoms with Crippen LogP contribution >= 0.6 is 11.8 Å². The number of carbonyl (C=O) groups is 2. The summed E-state index contributed by atoms with van der Waals surface area (Å²) in [5.74, 6) is -1.62. The number of benzene rings is 1. The molecule has 10 heteroatoms. The van der Waals surface area contributed by atoms with E-state index in [1.165, 1.54) is 6.07 Å². The Kier molecular flexibility index (Phi) is 4.91. The zero-order valence-corrected chi connectivity index (χ0v) is 14.6. The van der Waals surface area contributed by atoms with Gasteiger partial charge in [-0.1, -0.05) is 6.07 Å². The Balaban J connectivity index is 1.72. The van der Waals surface area contributed by atoms with E-state index < -0.39 is 45.5 Å². The minimum atomic E-state index is -4.57. The summed E-state index contributed by atoms with van der Waals surface area (Å²) in [5, 5.41) is 8.39. The van der Waals surface area contributed by atoms with Gasteiger partial charge in [-0.15, -0.1) is 0 Å². The van der Waals surface area contributed by atoms with Gasteiger partial charge < -0.3 is 10.6 Å². The van der Waals surface area contributed by atoms with Crippen LogP contribution in [0.3, 0.4) is 0 Å². The third kappa shape index (κ3) is 4.29. The number of halogens is 4. The quantitative estimate of drug-likeness (QED) is 0.545. The number of hydrogen-bond acceptors (Lipinski definition) is 4. The molecule has 1 heterocycles. The molecule has 0 spiro atoms. The van der Waals surface area contributed by atoms with Crippen LogP contribution in [-0.2, 0) is 15.1 Å². The van der Waals surface area contributed by atoms with Crippen molar-refractivity contribution in [2.45, 2.75) is 54.3 Å². The first kappa shape index (κ1) is 19.0. The lowest BCUT2D eigenvalue weighted by Crippen LogP contribution is -2.60. The van der Waals surface area contributed by atoms with Gasteiger partial charge in [0.05, 0.1) is 29.1 Å². The lowest BCUT2D eigenvalue weighted by molar-refractivity contribution is -0.132. The number of rotatable bonds is 4. The molecule has 1 aliphatic heterocycles. The van der Waals surface area contributed by atoms with Crippen LogP contribution in [0.15, 0.2) is 23.1 Å². The van der Waals surface area contributed by atoms with E-state index in [1.54, 1.807) is 6.92 Å². The highest BCUT2D eigenvalue weighted by Crippen LogP contribution is 2.47. The average Bonchev–Trinajstić information content (AvgIpc) is 3.27. The molecule has 3 N–H and O–H groups in total. The molecule has 1 aromatic carbocycles. The fourth-order valence-electron chi connectivity index (χ4n) is 3.00. The Morgan fingerprint density at radius 1 is 1.35 bits per heavy atom.